The Morgan fingerprint density at radius 1 is 0.933 bits per heavy atom. The lowest BCUT2D eigenvalue weighted by atomic mass is 10.1. The van der Waals surface area contributed by atoms with Gasteiger partial charge in [0.25, 0.3) is 0 Å². The van der Waals surface area contributed by atoms with Crippen molar-refractivity contribution in [3.8, 4) is 0 Å². The molecule has 88 valence electrons. The molecule has 2 aliphatic rings. The minimum atomic E-state index is -0.269. The third-order valence-electron chi connectivity index (χ3n) is 2.62. The number of hydrogen-bond acceptors (Lipinski definition) is 3. The standard InChI is InChI=1S/C6H12N2O.C4H10N2/c7-6(9)8-4-2-1-3-5-8;1-2-6-4-3-5-1/h1-5H2,(H2,7,9);5-6H,1-4H2. The zero-order valence-electron chi connectivity index (χ0n) is 9.30. The van der Waals surface area contributed by atoms with Gasteiger partial charge in [0.1, 0.15) is 0 Å². The van der Waals surface area contributed by atoms with Crippen LogP contribution in [0.2, 0.25) is 0 Å². The molecule has 15 heavy (non-hydrogen) atoms. The first-order chi connectivity index (χ1) is 7.30. The quantitative estimate of drug-likeness (QED) is 0.520. The predicted molar refractivity (Wildman–Crippen MR) is 60.7 cm³/mol. The molecular formula is C10H22N4O. The average Bonchev–Trinajstić information content (AvgIpc) is 2.33. The molecule has 0 atom stereocenters. The van der Waals surface area contributed by atoms with Crippen LogP contribution in [0.3, 0.4) is 0 Å². The Morgan fingerprint density at radius 3 is 1.67 bits per heavy atom. The number of rotatable bonds is 0. The Hall–Kier alpha value is -0.810. The van der Waals surface area contributed by atoms with E-state index in [1.54, 1.807) is 4.90 Å². The van der Waals surface area contributed by atoms with E-state index < -0.39 is 0 Å². The van der Waals surface area contributed by atoms with E-state index in [1.807, 2.05) is 0 Å². The maximum absolute atomic E-state index is 10.5. The summed E-state index contributed by atoms with van der Waals surface area (Å²) in [5.74, 6) is 0. The van der Waals surface area contributed by atoms with Crippen molar-refractivity contribution in [3.05, 3.63) is 0 Å². The monoisotopic (exact) mass is 214 g/mol. The molecule has 0 bridgehead atoms. The number of hydrogen-bond donors (Lipinski definition) is 3. The van der Waals surface area contributed by atoms with Gasteiger partial charge in [-0.2, -0.15) is 0 Å². The highest BCUT2D eigenvalue weighted by Gasteiger charge is 2.11. The summed E-state index contributed by atoms with van der Waals surface area (Å²) in [5.41, 5.74) is 5.05. The second-order valence-corrected chi connectivity index (χ2v) is 3.89. The number of primary amides is 1. The van der Waals surface area contributed by atoms with Crippen molar-refractivity contribution in [2.75, 3.05) is 39.3 Å². The molecule has 2 amide bonds. The summed E-state index contributed by atoms with van der Waals surface area (Å²) in [6.45, 7) is 6.27. The number of carbonyl (C=O) groups excluding carboxylic acids is 1. The summed E-state index contributed by atoms with van der Waals surface area (Å²) in [5, 5.41) is 6.44. The Balaban J connectivity index is 0.000000162. The molecule has 2 saturated heterocycles. The second-order valence-electron chi connectivity index (χ2n) is 3.89. The van der Waals surface area contributed by atoms with Crippen LogP contribution in [-0.2, 0) is 0 Å². The summed E-state index contributed by atoms with van der Waals surface area (Å²) >= 11 is 0. The maximum atomic E-state index is 10.5. The van der Waals surface area contributed by atoms with E-state index in [4.69, 9.17) is 5.73 Å². The molecule has 0 aliphatic carbocycles. The fourth-order valence-corrected chi connectivity index (χ4v) is 1.72. The van der Waals surface area contributed by atoms with Gasteiger partial charge in [-0.15, -0.1) is 0 Å². The number of carbonyl (C=O) groups is 1. The first-order valence-electron chi connectivity index (χ1n) is 5.76. The van der Waals surface area contributed by atoms with Gasteiger partial charge in [-0.3, -0.25) is 0 Å². The van der Waals surface area contributed by atoms with Crippen LogP contribution in [0.15, 0.2) is 0 Å². The van der Waals surface area contributed by atoms with Crippen LogP contribution in [-0.4, -0.2) is 50.2 Å². The van der Waals surface area contributed by atoms with Gasteiger partial charge in [0.15, 0.2) is 0 Å². The Bertz CT molecular complexity index is 165. The topological polar surface area (TPSA) is 70.4 Å². The molecule has 2 fully saturated rings. The number of piperidine rings is 1. The molecule has 4 N–H and O–H groups in total. The summed E-state index contributed by atoms with van der Waals surface area (Å²) in [6, 6.07) is -0.269. The molecule has 2 aliphatic heterocycles. The van der Waals surface area contributed by atoms with E-state index in [9.17, 15) is 4.79 Å². The number of amides is 2. The Labute approximate surface area is 91.4 Å². The highest BCUT2D eigenvalue weighted by molar-refractivity contribution is 5.71. The molecule has 0 aromatic rings. The van der Waals surface area contributed by atoms with Crippen molar-refractivity contribution < 1.29 is 4.79 Å². The molecule has 0 saturated carbocycles. The third kappa shape index (κ3) is 5.59. The van der Waals surface area contributed by atoms with Gasteiger partial charge >= 0.3 is 6.03 Å². The van der Waals surface area contributed by atoms with Crippen LogP contribution < -0.4 is 16.4 Å². The third-order valence-corrected chi connectivity index (χ3v) is 2.62. The molecule has 0 aromatic carbocycles. The Morgan fingerprint density at radius 2 is 1.40 bits per heavy atom. The molecule has 0 aromatic heterocycles. The van der Waals surface area contributed by atoms with Gasteiger partial charge in [0.2, 0.25) is 0 Å². The zero-order valence-corrected chi connectivity index (χ0v) is 9.30. The van der Waals surface area contributed by atoms with Crippen LogP contribution in [0.25, 0.3) is 0 Å². The van der Waals surface area contributed by atoms with Crippen LogP contribution >= 0.6 is 0 Å². The van der Waals surface area contributed by atoms with E-state index in [0.717, 1.165) is 52.1 Å². The van der Waals surface area contributed by atoms with Crippen molar-refractivity contribution in [2.24, 2.45) is 5.73 Å². The first kappa shape index (κ1) is 12.3. The molecule has 5 heteroatoms. The zero-order chi connectivity index (χ0) is 10.9. The van der Waals surface area contributed by atoms with Crippen LogP contribution in [0.4, 0.5) is 4.79 Å². The number of urea groups is 1. The molecular weight excluding hydrogens is 192 g/mol. The fourth-order valence-electron chi connectivity index (χ4n) is 1.72. The van der Waals surface area contributed by atoms with Gasteiger partial charge in [-0.1, -0.05) is 0 Å². The summed E-state index contributed by atoms with van der Waals surface area (Å²) in [7, 11) is 0. The smallest absolute Gasteiger partial charge is 0.314 e. The van der Waals surface area contributed by atoms with Gasteiger partial charge in [0.05, 0.1) is 0 Å². The molecule has 0 unspecified atom stereocenters. The normalized spacial score (nSPS) is 21.5. The van der Waals surface area contributed by atoms with E-state index >= 15 is 0 Å². The average molecular weight is 214 g/mol. The molecule has 5 nitrogen and oxygen atoms in total. The van der Waals surface area contributed by atoms with Gasteiger partial charge in [-0.05, 0) is 19.3 Å². The molecule has 0 radical (unpaired) electrons. The maximum Gasteiger partial charge on any atom is 0.314 e. The minimum absolute atomic E-state index is 0.269. The SMILES string of the molecule is C1CNCCN1.NC(=O)N1CCCCC1. The van der Waals surface area contributed by atoms with Crippen molar-refractivity contribution in [2.45, 2.75) is 19.3 Å². The largest absolute Gasteiger partial charge is 0.351 e. The highest BCUT2D eigenvalue weighted by atomic mass is 16.2. The summed E-state index contributed by atoms with van der Waals surface area (Å²) in [6.07, 6.45) is 3.47. The van der Waals surface area contributed by atoms with Crippen molar-refractivity contribution in [1.29, 1.82) is 0 Å². The fraction of sp³-hybridized carbons (Fsp3) is 0.900. The van der Waals surface area contributed by atoms with Crippen LogP contribution in [0, 0.1) is 0 Å². The number of piperazine rings is 1. The van der Waals surface area contributed by atoms with Crippen molar-refractivity contribution >= 4 is 6.03 Å². The second kappa shape index (κ2) is 7.48. The number of nitrogens with one attached hydrogen (secondary N) is 2. The van der Waals surface area contributed by atoms with Crippen LogP contribution in [0.1, 0.15) is 19.3 Å². The first-order valence-corrected chi connectivity index (χ1v) is 5.76. The molecule has 2 heterocycles. The van der Waals surface area contributed by atoms with Crippen molar-refractivity contribution in [3.63, 3.8) is 0 Å². The number of nitrogens with two attached hydrogens (primary N) is 1. The van der Waals surface area contributed by atoms with Gasteiger partial charge in [0, 0.05) is 39.3 Å². The Kier molecular flexibility index (Phi) is 6.11. The van der Waals surface area contributed by atoms with Crippen LogP contribution in [0.5, 0.6) is 0 Å². The predicted octanol–water partition coefficient (Wildman–Crippen LogP) is -0.270. The van der Waals surface area contributed by atoms with E-state index in [-0.39, 0.29) is 6.03 Å². The molecule has 0 spiro atoms. The summed E-state index contributed by atoms with van der Waals surface area (Å²) < 4.78 is 0. The summed E-state index contributed by atoms with van der Waals surface area (Å²) in [4.78, 5) is 12.2. The van der Waals surface area contributed by atoms with E-state index in [1.165, 1.54) is 6.42 Å². The lowest BCUT2D eigenvalue weighted by Gasteiger charge is -2.24. The van der Waals surface area contributed by atoms with E-state index in [2.05, 4.69) is 10.6 Å². The van der Waals surface area contributed by atoms with Gasteiger partial charge in [-0.25, -0.2) is 4.79 Å². The highest BCUT2D eigenvalue weighted by Crippen LogP contribution is 2.06. The lowest BCUT2D eigenvalue weighted by molar-refractivity contribution is 0.196. The van der Waals surface area contributed by atoms with Gasteiger partial charge < -0.3 is 21.3 Å². The number of nitrogens with zero attached hydrogens (tertiary/aromatic N) is 1. The minimum Gasteiger partial charge on any atom is -0.351 e. The number of likely N-dealkylation sites (tertiary alicyclic amines) is 1. The van der Waals surface area contributed by atoms with Crippen molar-refractivity contribution in [1.82, 2.24) is 15.5 Å². The lowest BCUT2D eigenvalue weighted by Crippen LogP contribution is -2.39. The van der Waals surface area contributed by atoms with E-state index in [0.29, 0.717) is 0 Å². The molecule has 2 rings (SSSR count).